The Kier molecular flexibility index (Phi) is 5.97. The van der Waals surface area contributed by atoms with E-state index in [1.165, 1.54) is 24.3 Å². The molecule has 5 nitrogen and oxygen atoms in total. The summed E-state index contributed by atoms with van der Waals surface area (Å²) in [4.78, 5) is -0.275. The second-order valence-electron chi connectivity index (χ2n) is 4.25. The Morgan fingerprint density at radius 1 is 1.00 bits per heavy atom. The third-order valence-electron chi connectivity index (χ3n) is 2.71. The Morgan fingerprint density at radius 2 is 1.62 bits per heavy atom. The molecule has 10 heteroatoms. The van der Waals surface area contributed by atoms with Crippen LogP contribution in [0.2, 0.25) is 20.1 Å². The van der Waals surface area contributed by atoms with E-state index in [-0.39, 0.29) is 30.5 Å². The van der Waals surface area contributed by atoms with Crippen LogP contribution >= 0.6 is 46.4 Å². The average Bonchev–Trinajstić information content (AvgIpc) is 2.52. The summed E-state index contributed by atoms with van der Waals surface area (Å²) in [6.07, 6.45) is 0. The molecular weight excluding hydrogens is 418 g/mol. The molecule has 0 bridgehead atoms. The molecule has 0 N–H and O–H groups in total. The Bertz CT molecular complexity index is 948. The second kappa shape index (κ2) is 7.60. The van der Waals surface area contributed by atoms with Gasteiger partial charge in [0.05, 0.1) is 25.7 Å². The molecule has 2 aromatic rings. The van der Waals surface area contributed by atoms with Gasteiger partial charge < -0.3 is 0 Å². The molecule has 0 aliphatic rings. The lowest BCUT2D eigenvalue weighted by molar-refractivity contribution is 0.339. The van der Waals surface area contributed by atoms with Gasteiger partial charge in [0.2, 0.25) is 0 Å². The van der Waals surface area contributed by atoms with Gasteiger partial charge in [0.1, 0.15) is 11.0 Å². The smallest absolute Gasteiger partial charge is 0.263 e. The number of hydrogen-bond acceptors (Lipinski definition) is 5. The van der Waals surface area contributed by atoms with Crippen LogP contribution in [0.3, 0.4) is 0 Å². The van der Waals surface area contributed by atoms with E-state index in [0.29, 0.717) is 0 Å². The number of nitriles is 1. The van der Waals surface area contributed by atoms with Crippen molar-refractivity contribution >= 4 is 62.2 Å². The van der Waals surface area contributed by atoms with E-state index < -0.39 is 15.8 Å². The summed E-state index contributed by atoms with van der Waals surface area (Å²) in [7, 11) is -4.31. The number of oxime groups is 1. The first kappa shape index (κ1) is 18.8. The van der Waals surface area contributed by atoms with Crippen molar-refractivity contribution in [1.82, 2.24) is 0 Å². The van der Waals surface area contributed by atoms with Gasteiger partial charge in [0.25, 0.3) is 0 Å². The number of benzene rings is 2. The van der Waals surface area contributed by atoms with Gasteiger partial charge in [0, 0.05) is 0 Å². The van der Waals surface area contributed by atoms with E-state index >= 15 is 0 Å². The van der Waals surface area contributed by atoms with E-state index in [0.717, 1.165) is 6.07 Å². The van der Waals surface area contributed by atoms with Gasteiger partial charge in [-0.25, -0.2) is 0 Å². The van der Waals surface area contributed by atoms with Crippen LogP contribution in [0.5, 0.6) is 0 Å². The summed E-state index contributed by atoms with van der Waals surface area (Å²) >= 11 is 23.4. The number of hydrogen-bond donors (Lipinski definition) is 0. The van der Waals surface area contributed by atoms with Crippen LogP contribution in [0, 0.1) is 11.3 Å². The zero-order valence-electron chi connectivity index (χ0n) is 11.5. The van der Waals surface area contributed by atoms with Gasteiger partial charge in [-0.3, -0.25) is 4.28 Å². The van der Waals surface area contributed by atoms with Crippen molar-refractivity contribution in [2.24, 2.45) is 5.16 Å². The molecule has 0 atom stereocenters. The highest BCUT2D eigenvalue weighted by Crippen LogP contribution is 2.27. The summed E-state index contributed by atoms with van der Waals surface area (Å²) in [5.41, 5.74) is -0.332. The molecule has 0 saturated heterocycles. The first-order valence-electron chi connectivity index (χ1n) is 6.07. The summed E-state index contributed by atoms with van der Waals surface area (Å²) in [5, 5.41) is 13.0. The van der Waals surface area contributed by atoms with Crippen molar-refractivity contribution < 1.29 is 12.7 Å². The van der Waals surface area contributed by atoms with Crippen LogP contribution in [0.15, 0.2) is 46.4 Å². The summed E-state index contributed by atoms with van der Waals surface area (Å²) in [6.45, 7) is 0. The minimum Gasteiger partial charge on any atom is -0.263 e. The van der Waals surface area contributed by atoms with Gasteiger partial charge in [-0.2, -0.15) is 13.7 Å². The van der Waals surface area contributed by atoms with Crippen molar-refractivity contribution in [1.29, 1.82) is 5.26 Å². The molecule has 0 amide bonds. The van der Waals surface area contributed by atoms with E-state index in [1.807, 2.05) is 0 Å². The molecule has 0 aliphatic carbocycles. The zero-order valence-corrected chi connectivity index (χ0v) is 15.3. The van der Waals surface area contributed by atoms with Crippen LogP contribution < -0.4 is 0 Å². The standard InChI is InChI=1S/C14H6Cl4N2O3S/c15-9-5-4-8(6-12(9)18)24(21,22)23-20-13(7-19)14-10(16)2-1-3-11(14)17/h1-6H. The normalized spacial score (nSPS) is 11.9. The number of nitrogens with zero attached hydrogens (tertiary/aromatic N) is 2. The first-order chi connectivity index (χ1) is 11.3. The van der Waals surface area contributed by atoms with Gasteiger partial charge in [-0.05, 0) is 30.3 Å². The highest BCUT2D eigenvalue weighted by molar-refractivity contribution is 7.86. The van der Waals surface area contributed by atoms with Crippen LogP contribution in [-0.4, -0.2) is 14.1 Å². The molecule has 0 aliphatic heterocycles. The van der Waals surface area contributed by atoms with Gasteiger partial charge in [-0.15, -0.1) is 0 Å². The molecule has 0 saturated carbocycles. The molecule has 0 fully saturated rings. The number of rotatable bonds is 4. The van der Waals surface area contributed by atoms with Crippen molar-refractivity contribution in [2.45, 2.75) is 4.90 Å². The number of halogens is 4. The van der Waals surface area contributed by atoms with Crippen LogP contribution in [0.4, 0.5) is 0 Å². The SMILES string of the molecule is N#CC(=NOS(=O)(=O)c1ccc(Cl)c(Cl)c1)c1c(Cl)cccc1Cl. The fraction of sp³-hybridized carbons (Fsp3) is 0. The minimum atomic E-state index is -4.31. The third-order valence-corrected chi connectivity index (χ3v) is 5.18. The van der Waals surface area contributed by atoms with E-state index in [4.69, 9.17) is 51.7 Å². The van der Waals surface area contributed by atoms with Crippen molar-refractivity contribution in [3.63, 3.8) is 0 Å². The Hall–Kier alpha value is -1.49. The van der Waals surface area contributed by atoms with Gasteiger partial charge in [-0.1, -0.05) is 57.6 Å². The molecule has 124 valence electrons. The summed E-state index contributed by atoms with van der Waals surface area (Å²) in [5.74, 6) is 0. The Labute approximate surface area is 158 Å². The highest BCUT2D eigenvalue weighted by atomic mass is 35.5. The fourth-order valence-corrected chi connectivity index (χ4v) is 3.30. The quantitative estimate of drug-likeness (QED) is 0.515. The van der Waals surface area contributed by atoms with Crippen molar-refractivity contribution in [3.8, 4) is 6.07 Å². The zero-order chi connectivity index (χ0) is 17.9. The predicted octanol–water partition coefficient (Wildman–Crippen LogP) is 4.93. The molecule has 0 unspecified atom stereocenters. The topological polar surface area (TPSA) is 79.5 Å². The minimum absolute atomic E-state index is 0.0278. The second-order valence-corrected chi connectivity index (χ2v) is 7.41. The third kappa shape index (κ3) is 4.12. The predicted molar refractivity (Wildman–Crippen MR) is 93.3 cm³/mol. The summed E-state index contributed by atoms with van der Waals surface area (Å²) < 4.78 is 28.8. The maximum atomic E-state index is 12.1. The lowest BCUT2D eigenvalue weighted by atomic mass is 10.1. The first-order valence-corrected chi connectivity index (χ1v) is 8.99. The molecule has 24 heavy (non-hydrogen) atoms. The largest absolute Gasteiger partial charge is 0.358 e. The van der Waals surface area contributed by atoms with Gasteiger partial charge >= 0.3 is 10.1 Å². The molecule has 0 aromatic heterocycles. The summed E-state index contributed by atoms with van der Waals surface area (Å²) in [6, 6.07) is 9.79. The fourth-order valence-electron chi connectivity index (χ4n) is 1.61. The maximum absolute atomic E-state index is 12.1. The van der Waals surface area contributed by atoms with E-state index in [9.17, 15) is 8.42 Å². The molecule has 2 aromatic carbocycles. The molecule has 0 spiro atoms. The lowest BCUT2D eigenvalue weighted by Gasteiger charge is -2.06. The average molecular weight is 424 g/mol. The van der Waals surface area contributed by atoms with E-state index in [2.05, 4.69) is 9.44 Å². The van der Waals surface area contributed by atoms with Crippen LogP contribution in [-0.2, 0) is 14.4 Å². The van der Waals surface area contributed by atoms with Crippen molar-refractivity contribution in [3.05, 3.63) is 62.1 Å². The van der Waals surface area contributed by atoms with Crippen molar-refractivity contribution in [2.75, 3.05) is 0 Å². The molecule has 0 radical (unpaired) electrons. The Morgan fingerprint density at radius 3 is 2.17 bits per heavy atom. The van der Waals surface area contributed by atoms with Gasteiger partial charge in [0.15, 0.2) is 5.71 Å². The lowest BCUT2D eigenvalue weighted by Crippen LogP contribution is -2.07. The Balaban J connectivity index is 2.40. The monoisotopic (exact) mass is 422 g/mol. The van der Waals surface area contributed by atoms with Crippen LogP contribution in [0.1, 0.15) is 5.56 Å². The highest BCUT2D eigenvalue weighted by Gasteiger charge is 2.19. The molecular formula is C14H6Cl4N2O3S. The molecule has 2 rings (SSSR count). The molecule has 0 heterocycles. The van der Waals surface area contributed by atoms with E-state index in [1.54, 1.807) is 12.1 Å². The van der Waals surface area contributed by atoms with Crippen LogP contribution in [0.25, 0.3) is 0 Å². The maximum Gasteiger partial charge on any atom is 0.358 e.